The molecule has 0 unspecified atom stereocenters. The lowest BCUT2D eigenvalue weighted by atomic mass is 10.1. The van der Waals surface area contributed by atoms with Gasteiger partial charge in [0.25, 0.3) is 0 Å². The Balaban J connectivity index is 1.74. The Morgan fingerprint density at radius 2 is 2.38 bits per heavy atom. The Morgan fingerprint density at radius 3 is 3.10 bits per heavy atom. The van der Waals surface area contributed by atoms with Crippen LogP contribution < -0.4 is 5.32 Å². The van der Waals surface area contributed by atoms with Crippen LogP contribution in [0.5, 0.6) is 0 Å². The molecule has 0 radical (unpaired) electrons. The van der Waals surface area contributed by atoms with Gasteiger partial charge in [-0.2, -0.15) is 5.10 Å². The number of aromatic amines is 1. The molecule has 112 valence electrons. The van der Waals surface area contributed by atoms with E-state index in [0.717, 1.165) is 17.8 Å². The van der Waals surface area contributed by atoms with Gasteiger partial charge in [-0.05, 0) is 30.3 Å². The molecule has 0 aromatic carbocycles. The molecule has 2 N–H and O–H groups in total. The Kier molecular flexibility index (Phi) is 5.62. The van der Waals surface area contributed by atoms with Crippen LogP contribution in [-0.4, -0.2) is 32.2 Å². The maximum atomic E-state index is 11.8. The second-order valence-electron chi connectivity index (χ2n) is 4.66. The normalized spacial score (nSPS) is 10.5. The van der Waals surface area contributed by atoms with Crippen LogP contribution in [0.25, 0.3) is 0 Å². The molecule has 0 spiro atoms. The maximum Gasteiger partial charge on any atom is 0.220 e. The minimum atomic E-state index is 0.0342. The van der Waals surface area contributed by atoms with Crippen molar-refractivity contribution < 1.29 is 4.79 Å². The number of hydrogen-bond acceptors (Lipinski definition) is 4. The number of hydrogen-bond donors (Lipinski definition) is 2. The Bertz CT molecular complexity index is 634. The molecule has 0 aliphatic heterocycles. The first-order chi connectivity index (χ1) is 10.2. The summed E-state index contributed by atoms with van der Waals surface area (Å²) in [6, 6.07) is 3.85. The number of aromatic nitrogens is 4. The van der Waals surface area contributed by atoms with Crippen molar-refractivity contribution in [1.29, 1.82) is 0 Å². The third-order valence-electron chi connectivity index (χ3n) is 3.17. The summed E-state index contributed by atoms with van der Waals surface area (Å²) in [4.78, 5) is 15.8. The molecule has 2 heterocycles. The van der Waals surface area contributed by atoms with Crippen LogP contribution in [0.15, 0.2) is 24.5 Å². The van der Waals surface area contributed by atoms with E-state index < -0.39 is 0 Å². The first-order valence-corrected chi connectivity index (χ1v) is 7.41. The molecule has 0 atom stereocenters. The van der Waals surface area contributed by atoms with Gasteiger partial charge in [0.15, 0.2) is 4.77 Å². The molecule has 2 aromatic heterocycles. The number of aryl methyl sites for hydroxylation is 2. The highest BCUT2D eigenvalue weighted by Crippen LogP contribution is 2.01. The summed E-state index contributed by atoms with van der Waals surface area (Å²) in [5.74, 6) is 0.941. The number of pyridine rings is 1. The number of H-pyrrole nitrogens is 1. The predicted octanol–water partition coefficient (Wildman–Crippen LogP) is 1.65. The molecule has 0 bridgehead atoms. The molecule has 0 fully saturated rings. The van der Waals surface area contributed by atoms with E-state index in [0.29, 0.717) is 30.7 Å². The highest BCUT2D eigenvalue weighted by molar-refractivity contribution is 7.71. The molecule has 0 aliphatic carbocycles. The van der Waals surface area contributed by atoms with Crippen molar-refractivity contribution in [3.63, 3.8) is 0 Å². The van der Waals surface area contributed by atoms with Gasteiger partial charge < -0.3 is 9.88 Å². The van der Waals surface area contributed by atoms with Crippen LogP contribution in [0.3, 0.4) is 0 Å². The van der Waals surface area contributed by atoms with Gasteiger partial charge in [0.05, 0.1) is 0 Å². The van der Waals surface area contributed by atoms with E-state index in [2.05, 4.69) is 20.5 Å². The molecular formula is C14H19N5OS. The molecule has 0 saturated carbocycles. The van der Waals surface area contributed by atoms with Crippen molar-refractivity contribution in [2.45, 2.75) is 32.7 Å². The van der Waals surface area contributed by atoms with Gasteiger partial charge in [-0.15, -0.1) is 0 Å². The summed E-state index contributed by atoms with van der Waals surface area (Å²) in [6.45, 7) is 3.21. The minimum Gasteiger partial charge on any atom is -0.354 e. The van der Waals surface area contributed by atoms with E-state index in [1.54, 1.807) is 12.4 Å². The summed E-state index contributed by atoms with van der Waals surface area (Å²) >= 11 is 5.16. The van der Waals surface area contributed by atoms with E-state index in [1.165, 1.54) is 0 Å². The van der Waals surface area contributed by atoms with Crippen molar-refractivity contribution >= 4 is 18.1 Å². The molecule has 7 heteroatoms. The number of nitrogens with zero attached hydrogens (tertiary/aromatic N) is 3. The lowest BCUT2D eigenvalue weighted by Gasteiger charge is -2.07. The maximum absolute atomic E-state index is 11.8. The summed E-state index contributed by atoms with van der Waals surface area (Å²) in [5.41, 5.74) is 1.07. The molecule has 21 heavy (non-hydrogen) atoms. The predicted molar refractivity (Wildman–Crippen MR) is 82.4 cm³/mol. The van der Waals surface area contributed by atoms with Crippen LogP contribution >= 0.6 is 12.2 Å². The zero-order chi connectivity index (χ0) is 15.1. The van der Waals surface area contributed by atoms with Crippen LogP contribution in [0.2, 0.25) is 0 Å². The fraction of sp³-hybridized carbons (Fsp3) is 0.429. The number of nitrogens with one attached hydrogen (secondary N) is 2. The number of carbonyl (C=O) groups excluding carboxylic acids is 1. The first-order valence-electron chi connectivity index (χ1n) is 7.00. The molecular weight excluding hydrogens is 286 g/mol. The van der Waals surface area contributed by atoms with E-state index in [-0.39, 0.29) is 5.91 Å². The minimum absolute atomic E-state index is 0.0342. The SMILES string of the molecule is CCc1n[nH]c(=S)n1CCNC(=O)CCc1cccnc1. The average molecular weight is 305 g/mol. The van der Waals surface area contributed by atoms with Crippen molar-refractivity contribution in [1.82, 2.24) is 25.1 Å². The van der Waals surface area contributed by atoms with Crippen molar-refractivity contribution in [3.8, 4) is 0 Å². The number of amides is 1. The van der Waals surface area contributed by atoms with Gasteiger partial charge in [0.2, 0.25) is 5.91 Å². The number of carbonyl (C=O) groups is 1. The van der Waals surface area contributed by atoms with Crippen LogP contribution in [0.4, 0.5) is 0 Å². The molecule has 0 aliphatic rings. The highest BCUT2D eigenvalue weighted by atomic mass is 32.1. The van der Waals surface area contributed by atoms with Gasteiger partial charge in [-0.25, -0.2) is 0 Å². The Labute approximate surface area is 128 Å². The summed E-state index contributed by atoms with van der Waals surface area (Å²) < 4.78 is 2.51. The van der Waals surface area contributed by atoms with Crippen molar-refractivity contribution in [3.05, 3.63) is 40.7 Å². The van der Waals surface area contributed by atoms with E-state index in [4.69, 9.17) is 12.2 Å². The third-order valence-corrected chi connectivity index (χ3v) is 3.49. The second-order valence-corrected chi connectivity index (χ2v) is 5.05. The standard InChI is InChI=1S/C14H19N5OS/c1-2-12-17-18-14(21)19(12)9-8-16-13(20)6-5-11-4-3-7-15-10-11/h3-4,7,10H,2,5-6,8-9H2,1H3,(H,16,20)(H,18,21). The summed E-state index contributed by atoms with van der Waals surface area (Å²) in [6.07, 6.45) is 5.48. The summed E-state index contributed by atoms with van der Waals surface area (Å²) in [7, 11) is 0. The molecule has 6 nitrogen and oxygen atoms in total. The zero-order valence-electron chi connectivity index (χ0n) is 12.0. The third kappa shape index (κ3) is 4.49. The van der Waals surface area contributed by atoms with Crippen molar-refractivity contribution in [2.75, 3.05) is 6.54 Å². The quantitative estimate of drug-likeness (QED) is 0.763. The molecule has 2 rings (SSSR count). The first kappa shape index (κ1) is 15.4. The second kappa shape index (κ2) is 7.68. The van der Waals surface area contributed by atoms with Crippen LogP contribution in [0.1, 0.15) is 24.7 Å². The lowest BCUT2D eigenvalue weighted by molar-refractivity contribution is -0.121. The fourth-order valence-corrected chi connectivity index (χ4v) is 2.29. The number of rotatable bonds is 7. The van der Waals surface area contributed by atoms with Crippen molar-refractivity contribution in [2.24, 2.45) is 0 Å². The molecule has 2 aromatic rings. The monoisotopic (exact) mass is 305 g/mol. The van der Waals surface area contributed by atoms with Gasteiger partial charge in [-0.1, -0.05) is 13.0 Å². The molecule has 1 amide bonds. The van der Waals surface area contributed by atoms with Crippen LogP contribution in [-0.2, 0) is 24.2 Å². The Hall–Kier alpha value is -2.02. The smallest absolute Gasteiger partial charge is 0.220 e. The van der Waals surface area contributed by atoms with Gasteiger partial charge in [0.1, 0.15) is 5.82 Å². The van der Waals surface area contributed by atoms with Gasteiger partial charge >= 0.3 is 0 Å². The zero-order valence-corrected chi connectivity index (χ0v) is 12.8. The largest absolute Gasteiger partial charge is 0.354 e. The van der Waals surface area contributed by atoms with Gasteiger partial charge in [0, 0.05) is 38.3 Å². The topological polar surface area (TPSA) is 75.6 Å². The Morgan fingerprint density at radius 1 is 1.52 bits per heavy atom. The van der Waals surface area contributed by atoms with Crippen LogP contribution in [0, 0.1) is 4.77 Å². The lowest BCUT2D eigenvalue weighted by Crippen LogP contribution is -2.27. The average Bonchev–Trinajstić information content (AvgIpc) is 2.87. The summed E-state index contributed by atoms with van der Waals surface area (Å²) in [5, 5.41) is 9.80. The van der Waals surface area contributed by atoms with Gasteiger partial charge in [-0.3, -0.25) is 14.9 Å². The highest BCUT2D eigenvalue weighted by Gasteiger charge is 2.05. The van der Waals surface area contributed by atoms with E-state index in [1.807, 2.05) is 23.6 Å². The molecule has 0 saturated heterocycles. The van der Waals surface area contributed by atoms with E-state index in [9.17, 15) is 4.79 Å². The fourth-order valence-electron chi connectivity index (χ4n) is 2.05. The van der Waals surface area contributed by atoms with E-state index >= 15 is 0 Å².